The number of carbonyl (C=O) groups is 1. The summed E-state index contributed by atoms with van der Waals surface area (Å²) in [5.41, 5.74) is 0. The van der Waals surface area contributed by atoms with E-state index in [4.69, 9.17) is 4.74 Å². The Hall–Kier alpha value is -0.900. The van der Waals surface area contributed by atoms with E-state index in [0.717, 1.165) is 12.8 Å². The van der Waals surface area contributed by atoms with Gasteiger partial charge in [-0.2, -0.15) is 0 Å². The van der Waals surface area contributed by atoms with Crippen LogP contribution in [0.15, 0.2) is 4.99 Å². The van der Waals surface area contributed by atoms with Crippen molar-refractivity contribution in [3.63, 3.8) is 0 Å². The molecule has 2 atom stereocenters. The van der Waals surface area contributed by atoms with Crippen molar-refractivity contribution in [1.29, 1.82) is 0 Å². The molecule has 0 radical (unpaired) electrons. The van der Waals surface area contributed by atoms with Gasteiger partial charge in [-0.3, -0.25) is 9.79 Å². The van der Waals surface area contributed by atoms with Crippen LogP contribution >= 0.6 is 0 Å². The van der Waals surface area contributed by atoms with E-state index >= 15 is 0 Å². The van der Waals surface area contributed by atoms with Gasteiger partial charge in [-0.25, -0.2) is 0 Å². The second-order valence-corrected chi connectivity index (χ2v) is 3.19. The molecule has 1 N–H and O–H groups in total. The Morgan fingerprint density at radius 2 is 2.38 bits per heavy atom. The molecular weight excluding hydrogens is 168 g/mol. The van der Waals surface area contributed by atoms with Crippen LogP contribution in [0.3, 0.4) is 0 Å². The minimum atomic E-state index is -0.260. The molecule has 0 bridgehead atoms. The molecule has 1 heterocycles. The van der Waals surface area contributed by atoms with Gasteiger partial charge < -0.3 is 10.1 Å². The third-order valence-electron chi connectivity index (χ3n) is 2.10. The van der Waals surface area contributed by atoms with Gasteiger partial charge in [0.05, 0.1) is 0 Å². The summed E-state index contributed by atoms with van der Waals surface area (Å²) in [6, 6.07) is -0.260. The molecule has 0 saturated heterocycles. The van der Waals surface area contributed by atoms with E-state index in [1.807, 2.05) is 0 Å². The lowest BCUT2D eigenvalue weighted by molar-refractivity contribution is -0.119. The van der Waals surface area contributed by atoms with Crippen LogP contribution in [0.25, 0.3) is 0 Å². The maximum absolute atomic E-state index is 11.1. The predicted molar refractivity (Wildman–Crippen MR) is 50.7 cm³/mol. The van der Waals surface area contributed by atoms with Crippen molar-refractivity contribution in [1.82, 2.24) is 5.32 Å². The van der Waals surface area contributed by atoms with Gasteiger partial charge in [0.15, 0.2) is 0 Å². The Bertz CT molecular complexity index is 226. The summed E-state index contributed by atoms with van der Waals surface area (Å²) in [7, 11) is 1.64. The van der Waals surface area contributed by atoms with Crippen LogP contribution in [-0.2, 0) is 9.53 Å². The number of aliphatic imine (C=N–C) groups is 1. The maximum atomic E-state index is 11.1. The second-order valence-electron chi connectivity index (χ2n) is 3.19. The zero-order valence-corrected chi connectivity index (χ0v) is 8.33. The molecule has 4 nitrogen and oxygen atoms in total. The Morgan fingerprint density at radius 1 is 1.69 bits per heavy atom. The SMILES string of the molecule is CCCC(OC)C1=NC(C)C(=O)N1. The Kier molecular flexibility index (Phi) is 3.42. The van der Waals surface area contributed by atoms with Crippen molar-refractivity contribution >= 4 is 11.7 Å². The second kappa shape index (κ2) is 4.37. The molecule has 1 rings (SSSR count). The highest BCUT2D eigenvalue weighted by atomic mass is 16.5. The summed E-state index contributed by atoms with van der Waals surface area (Å²) >= 11 is 0. The fourth-order valence-electron chi connectivity index (χ4n) is 1.32. The van der Waals surface area contributed by atoms with Crippen molar-refractivity contribution in [2.24, 2.45) is 4.99 Å². The van der Waals surface area contributed by atoms with Gasteiger partial charge in [-0.1, -0.05) is 13.3 Å². The number of carbonyl (C=O) groups excluding carboxylic acids is 1. The highest BCUT2D eigenvalue weighted by molar-refractivity contribution is 6.07. The van der Waals surface area contributed by atoms with Gasteiger partial charge in [0, 0.05) is 7.11 Å². The highest BCUT2D eigenvalue weighted by Crippen LogP contribution is 2.08. The predicted octanol–water partition coefficient (Wildman–Crippen LogP) is 0.718. The first-order valence-electron chi connectivity index (χ1n) is 4.60. The fraction of sp³-hybridized carbons (Fsp3) is 0.778. The molecule has 74 valence electrons. The molecule has 0 spiro atoms. The summed E-state index contributed by atoms with van der Waals surface area (Å²) < 4.78 is 5.23. The molecule has 0 fully saturated rings. The Balaban J connectivity index is 2.60. The van der Waals surface area contributed by atoms with Gasteiger partial charge in [0.1, 0.15) is 18.0 Å². The zero-order chi connectivity index (χ0) is 9.84. The Labute approximate surface area is 78.4 Å². The first kappa shape index (κ1) is 10.2. The number of amidine groups is 1. The largest absolute Gasteiger partial charge is 0.374 e. The lowest BCUT2D eigenvalue weighted by Gasteiger charge is -2.13. The molecular formula is C9H16N2O2. The molecule has 0 aromatic carbocycles. The topological polar surface area (TPSA) is 50.7 Å². The van der Waals surface area contributed by atoms with Gasteiger partial charge in [0.2, 0.25) is 5.91 Å². The average Bonchev–Trinajstić information content (AvgIpc) is 2.43. The highest BCUT2D eigenvalue weighted by Gasteiger charge is 2.26. The summed E-state index contributed by atoms with van der Waals surface area (Å²) in [5.74, 6) is 0.648. The van der Waals surface area contributed by atoms with Crippen LogP contribution in [0, 0.1) is 0 Å². The van der Waals surface area contributed by atoms with Crippen LogP contribution < -0.4 is 5.32 Å². The normalized spacial score (nSPS) is 24.1. The van der Waals surface area contributed by atoms with Gasteiger partial charge in [0.25, 0.3) is 0 Å². The van der Waals surface area contributed by atoms with Crippen LogP contribution in [0.1, 0.15) is 26.7 Å². The van der Waals surface area contributed by atoms with Crippen LogP contribution in [0.2, 0.25) is 0 Å². The maximum Gasteiger partial charge on any atom is 0.249 e. The van der Waals surface area contributed by atoms with E-state index in [-0.39, 0.29) is 18.1 Å². The number of hydrogen-bond acceptors (Lipinski definition) is 3. The summed E-state index contributed by atoms with van der Waals surface area (Å²) in [6.07, 6.45) is 1.85. The van der Waals surface area contributed by atoms with Crippen molar-refractivity contribution in [2.45, 2.75) is 38.8 Å². The molecule has 1 aliphatic rings. The molecule has 0 aromatic rings. The van der Waals surface area contributed by atoms with Crippen molar-refractivity contribution in [3.8, 4) is 0 Å². The van der Waals surface area contributed by atoms with Crippen LogP contribution in [0.5, 0.6) is 0 Å². The minimum Gasteiger partial charge on any atom is -0.374 e. The fourth-order valence-corrected chi connectivity index (χ4v) is 1.32. The number of nitrogens with zero attached hydrogens (tertiary/aromatic N) is 1. The standard InChI is InChI=1S/C9H16N2O2/c1-4-5-7(13-3)8-10-6(2)9(12)11-8/h6-7H,4-5H2,1-3H3,(H,10,11,12). The first-order valence-corrected chi connectivity index (χ1v) is 4.60. The lowest BCUT2D eigenvalue weighted by atomic mass is 10.2. The van der Waals surface area contributed by atoms with E-state index in [0.29, 0.717) is 5.84 Å². The molecule has 2 unspecified atom stereocenters. The van der Waals surface area contributed by atoms with E-state index in [9.17, 15) is 4.79 Å². The van der Waals surface area contributed by atoms with E-state index in [1.54, 1.807) is 14.0 Å². The molecule has 0 saturated carbocycles. The summed E-state index contributed by atoms with van der Waals surface area (Å²) in [4.78, 5) is 15.3. The Morgan fingerprint density at radius 3 is 2.77 bits per heavy atom. The number of ether oxygens (including phenoxy) is 1. The lowest BCUT2D eigenvalue weighted by Crippen LogP contribution is -2.36. The van der Waals surface area contributed by atoms with Crippen LogP contribution in [-0.4, -0.2) is 31.0 Å². The molecule has 13 heavy (non-hydrogen) atoms. The number of nitrogens with one attached hydrogen (secondary N) is 1. The number of methoxy groups -OCH3 is 1. The van der Waals surface area contributed by atoms with Gasteiger partial charge >= 0.3 is 0 Å². The number of rotatable bonds is 4. The third-order valence-corrected chi connectivity index (χ3v) is 2.10. The molecule has 1 aliphatic heterocycles. The van der Waals surface area contributed by atoms with Crippen molar-refractivity contribution in [3.05, 3.63) is 0 Å². The molecule has 4 heteroatoms. The molecule has 0 aromatic heterocycles. The smallest absolute Gasteiger partial charge is 0.249 e. The minimum absolute atomic E-state index is 0.0341. The van der Waals surface area contributed by atoms with Crippen molar-refractivity contribution in [2.75, 3.05) is 7.11 Å². The van der Waals surface area contributed by atoms with E-state index in [1.165, 1.54) is 0 Å². The van der Waals surface area contributed by atoms with E-state index < -0.39 is 0 Å². The number of amides is 1. The van der Waals surface area contributed by atoms with Crippen molar-refractivity contribution < 1.29 is 9.53 Å². The zero-order valence-electron chi connectivity index (χ0n) is 8.33. The molecule has 1 amide bonds. The summed E-state index contributed by atoms with van der Waals surface area (Å²) in [6.45, 7) is 3.85. The monoisotopic (exact) mass is 184 g/mol. The molecule has 0 aliphatic carbocycles. The first-order chi connectivity index (χ1) is 6.19. The quantitative estimate of drug-likeness (QED) is 0.699. The number of hydrogen-bond donors (Lipinski definition) is 1. The average molecular weight is 184 g/mol. The summed E-state index contributed by atoms with van der Waals surface area (Å²) in [5, 5.41) is 2.73. The van der Waals surface area contributed by atoms with E-state index in [2.05, 4.69) is 17.2 Å². The van der Waals surface area contributed by atoms with Crippen LogP contribution in [0.4, 0.5) is 0 Å². The van der Waals surface area contributed by atoms with Gasteiger partial charge in [-0.05, 0) is 13.3 Å². The third kappa shape index (κ3) is 2.28. The van der Waals surface area contributed by atoms with Gasteiger partial charge in [-0.15, -0.1) is 0 Å².